The molecule has 2 aromatic rings. The third-order valence-corrected chi connectivity index (χ3v) is 5.84. The molecule has 134 valence electrons. The average molecular weight is 341 g/mol. The summed E-state index contributed by atoms with van der Waals surface area (Å²) in [5.74, 6) is 1.44. The number of H-pyrrole nitrogens is 1. The van der Waals surface area contributed by atoms with Crippen LogP contribution in [0.1, 0.15) is 56.9 Å². The highest BCUT2D eigenvalue weighted by Gasteiger charge is 2.28. The van der Waals surface area contributed by atoms with Crippen LogP contribution in [-0.2, 0) is 4.79 Å². The molecule has 5 heteroatoms. The molecule has 0 bridgehead atoms. The fourth-order valence-electron chi connectivity index (χ4n) is 4.34. The van der Waals surface area contributed by atoms with Gasteiger partial charge in [-0.1, -0.05) is 12.8 Å². The monoisotopic (exact) mass is 341 g/mol. The number of aryl methyl sites for hydroxylation is 1. The summed E-state index contributed by atoms with van der Waals surface area (Å²) in [5, 5.41) is 11.5. The van der Waals surface area contributed by atoms with E-state index >= 15 is 0 Å². The summed E-state index contributed by atoms with van der Waals surface area (Å²) in [5.41, 5.74) is 2.17. The van der Waals surface area contributed by atoms with Crippen LogP contribution in [-0.4, -0.2) is 28.3 Å². The van der Waals surface area contributed by atoms with Crippen LogP contribution in [0.15, 0.2) is 18.3 Å². The molecule has 2 aliphatic rings. The highest BCUT2D eigenvalue weighted by atomic mass is 16.5. The minimum Gasteiger partial charge on any atom is -0.490 e. The van der Waals surface area contributed by atoms with Crippen molar-refractivity contribution in [1.82, 2.24) is 15.5 Å². The summed E-state index contributed by atoms with van der Waals surface area (Å²) in [7, 11) is 0. The van der Waals surface area contributed by atoms with E-state index < -0.39 is 0 Å². The fraction of sp³-hybridized carbons (Fsp3) is 0.600. The van der Waals surface area contributed by atoms with Gasteiger partial charge in [0.2, 0.25) is 5.91 Å². The number of nitrogens with one attached hydrogen (secondary N) is 2. The number of ether oxygens (including phenoxy) is 1. The molecule has 0 radical (unpaired) electrons. The Morgan fingerprint density at radius 1 is 1.20 bits per heavy atom. The lowest BCUT2D eigenvalue weighted by atomic mass is 9.92. The molecule has 0 aliphatic heterocycles. The van der Waals surface area contributed by atoms with Crippen LogP contribution < -0.4 is 10.1 Å². The van der Waals surface area contributed by atoms with E-state index in [1.165, 1.54) is 12.8 Å². The number of carbonyl (C=O) groups excluding carboxylic acids is 1. The van der Waals surface area contributed by atoms with Crippen molar-refractivity contribution in [3.05, 3.63) is 23.9 Å². The SMILES string of the molecule is Cc1c(O[C@@H]2CCC[C@H](NC(=O)C3CCCC3)C2)ccc2[nH]ncc12. The molecule has 1 aromatic heterocycles. The minimum atomic E-state index is 0.172. The Balaban J connectivity index is 1.38. The second-order valence-electron chi connectivity index (χ2n) is 7.61. The molecule has 1 amide bonds. The molecule has 2 atom stereocenters. The van der Waals surface area contributed by atoms with E-state index in [-0.39, 0.29) is 24.0 Å². The van der Waals surface area contributed by atoms with Crippen molar-refractivity contribution in [2.24, 2.45) is 5.92 Å². The third kappa shape index (κ3) is 3.51. The molecular formula is C20H27N3O2. The molecule has 2 fully saturated rings. The van der Waals surface area contributed by atoms with Crippen LogP contribution in [0.5, 0.6) is 5.75 Å². The molecule has 2 N–H and O–H groups in total. The second-order valence-corrected chi connectivity index (χ2v) is 7.61. The van der Waals surface area contributed by atoms with E-state index in [1.54, 1.807) is 0 Å². The zero-order valence-corrected chi connectivity index (χ0v) is 14.9. The van der Waals surface area contributed by atoms with Gasteiger partial charge in [-0.05, 0) is 51.2 Å². The lowest BCUT2D eigenvalue weighted by Crippen LogP contribution is -2.43. The van der Waals surface area contributed by atoms with Gasteiger partial charge in [-0.2, -0.15) is 5.10 Å². The first-order valence-electron chi connectivity index (χ1n) is 9.60. The summed E-state index contributed by atoms with van der Waals surface area (Å²) in [4.78, 5) is 12.4. The van der Waals surface area contributed by atoms with Crippen molar-refractivity contribution in [2.45, 2.75) is 70.4 Å². The first-order chi connectivity index (χ1) is 12.2. The van der Waals surface area contributed by atoms with Gasteiger partial charge in [0, 0.05) is 29.3 Å². The van der Waals surface area contributed by atoms with Gasteiger partial charge in [-0.15, -0.1) is 0 Å². The van der Waals surface area contributed by atoms with E-state index in [9.17, 15) is 4.79 Å². The third-order valence-electron chi connectivity index (χ3n) is 5.84. The molecule has 0 spiro atoms. The number of aromatic nitrogens is 2. The van der Waals surface area contributed by atoms with Crippen molar-refractivity contribution >= 4 is 16.8 Å². The Morgan fingerprint density at radius 2 is 2.04 bits per heavy atom. The van der Waals surface area contributed by atoms with Crippen LogP contribution >= 0.6 is 0 Å². The maximum Gasteiger partial charge on any atom is 0.223 e. The van der Waals surface area contributed by atoms with Gasteiger partial charge in [0.15, 0.2) is 0 Å². The van der Waals surface area contributed by atoms with Gasteiger partial charge in [0.25, 0.3) is 0 Å². The number of rotatable bonds is 4. The van der Waals surface area contributed by atoms with Crippen LogP contribution in [0.25, 0.3) is 10.9 Å². The first-order valence-corrected chi connectivity index (χ1v) is 9.60. The molecular weight excluding hydrogens is 314 g/mol. The minimum absolute atomic E-state index is 0.172. The van der Waals surface area contributed by atoms with Crippen molar-refractivity contribution in [3.63, 3.8) is 0 Å². The number of benzene rings is 1. The summed E-state index contributed by atoms with van der Waals surface area (Å²) in [6, 6.07) is 4.30. The number of aromatic amines is 1. The highest BCUT2D eigenvalue weighted by molar-refractivity contribution is 5.83. The maximum atomic E-state index is 12.4. The Hall–Kier alpha value is -2.04. The number of hydrogen-bond acceptors (Lipinski definition) is 3. The molecule has 25 heavy (non-hydrogen) atoms. The maximum absolute atomic E-state index is 12.4. The predicted molar refractivity (Wildman–Crippen MR) is 97.6 cm³/mol. The number of amides is 1. The van der Waals surface area contributed by atoms with Crippen molar-refractivity contribution < 1.29 is 9.53 Å². The number of nitrogens with zero attached hydrogens (tertiary/aromatic N) is 1. The predicted octanol–water partition coefficient (Wildman–Crippen LogP) is 3.87. The second kappa shape index (κ2) is 7.06. The summed E-state index contributed by atoms with van der Waals surface area (Å²) < 4.78 is 6.31. The van der Waals surface area contributed by atoms with Crippen LogP contribution in [0.4, 0.5) is 0 Å². The molecule has 5 nitrogen and oxygen atoms in total. The number of carbonyl (C=O) groups is 1. The normalized spacial score (nSPS) is 24.5. The fourth-order valence-corrected chi connectivity index (χ4v) is 4.34. The standard InChI is InChI=1S/C20H27N3O2/c1-13-17-12-21-23-18(17)9-10-19(13)25-16-8-4-7-15(11-16)22-20(24)14-5-2-3-6-14/h9-10,12,14-16H,2-8,11H2,1H3,(H,21,23)(H,22,24)/t15-,16+/m0/s1. The molecule has 1 aromatic carbocycles. The lowest BCUT2D eigenvalue weighted by molar-refractivity contribution is -0.125. The van der Waals surface area contributed by atoms with E-state index in [0.717, 1.165) is 60.7 Å². The highest BCUT2D eigenvalue weighted by Crippen LogP contribution is 2.30. The lowest BCUT2D eigenvalue weighted by Gasteiger charge is -2.31. The van der Waals surface area contributed by atoms with Crippen LogP contribution in [0, 0.1) is 12.8 Å². The van der Waals surface area contributed by atoms with E-state index in [2.05, 4.69) is 22.4 Å². The van der Waals surface area contributed by atoms with Crippen LogP contribution in [0.3, 0.4) is 0 Å². The number of hydrogen-bond donors (Lipinski definition) is 2. The van der Waals surface area contributed by atoms with E-state index in [4.69, 9.17) is 4.74 Å². The zero-order chi connectivity index (χ0) is 17.2. The topological polar surface area (TPSA) is 67.0 Å². The first kappa shape index (κ1) is 16.4. The van der Waals surface area contributed by atoms with Gasteiger partial charge < -0.3 is 10.1 Å². The smallest absolute Gasteiger partial charge is 0.223 e. The van der Waals surface area contributed by atoms with Gasteiger partial charge in [-0.25, -0.2) is 0 Å². The molecule has 0 saturated heterocycles. The van der Waals surface area contributed by atoms with Gasteiger partial charge in [0.05, 0.1) is 11.7 Å². The van der Waals surface area contributed by atoms with E-state index in [1.807, 2.05) is 18.3 Å². The molecule has 2 aliphatic carbocycles. The Morgan fingerprint density at radius 3 is 2.88 bits per heavy atom. The Bertz CT molecular complexity index is 748. The summed E-state index contributed by atoms with van der Waals surface area (Å²) in [6.45, 7) is 2.08. The molecule has 4 rings (SSSR count). The van der Waals surface area contributed by atoms with Crippen molar-refractivity contribution in [3.8, 4) is 5.75 Å². The Labute approximate surface area is 148 Å². The average Bonchev–Trinajstić information content (AvgIpc) is 3.29. The van der Waals surface area contributed by atoms with Gasteiger partial charge >= 0.3 is 0 Å². The van der Waals surface area contributed by atoms with Gasteiger partial charge in [-0.3, -0.25) is 9.89 Å². The largest absolute Gasteiger partial charge is 0.490 e. The van der Waals surface area contributed by atoms with Crippen molar-refractivity contribution in [1.29, 1.82) is 0 Å². The van der Waals surface area contributed by atoms with Gasteiger partial charge in [0.1, 0.15) is 11.9 Å². The van der Waals surface area contributed by atoms with E-state index in [0.29, 0.717) is 0 Å². The van der Waals surface area contributed by atoms with Crippen molar-refractivity contribution in [2.75, 3.05) is 0 Å². The molecule has 0 unspecified atom stereocenters. The quantitative estimate of drug-likeness (QED) is 0.887. The van der Waals surface area contributed by atoms with Crippen LogP contribution in [0.2, 0.25) is 0 Å². The zero-order valence-electron chi connectivity index (χ0n) is 14.9. The molecule has 1 heterocycles. The Kier molecular flexibility index (Phi) is 4.64. The summed E-state index contributed by atoms with van der Waals surface area (Å²) >= 11 is 0. The summed E-state index contributed by atoms with van der Waals surface area (Å²) in [6.07, 6.45) is 10.7. The number of fused-ring (bicyclic) bond motifs is 1. The molecule has 2 saturated carbocycles.